The van der Waals surface area contributed by atoms with Gasteiger partial charge in [0.1, 0.15) is 0 Å². The molecule has 0 aromatic heterocycles. The van der Waals surface area contributed by atoms with Crippen LogP contribution >= 0.6 is 12.2 Å². The molecule has 2 nitrogen and oxygen atoms in total. The lowest BCUT2D eigenvalue weighted by Crippen LogP contribution is -2.46. The molecule has 0 fully saturated rings. The van der Waals surface area contributed by atoms with E-state index in [-0.39, 0.29) is 0 Å². The molecular formula is C17H36N2S. The van der Waals surface area contributed by atoms with Crippen molar-refractivity contribution in [3.05, 3.63) is 5.41 Å². The molecule has 0 aromatic carbocycles. The van der Waals surface area contributed by atoms with Gasteiger partial charge in [0.05, 0.1) is 26.7 Å². The van der Waals surface area contributed by atoms with E-state index in [2.05, 4.69) is 40.0 Å². The van der Waals surface area contributed by atoms with E-state index >= 15 is 0 Å². The molecule has 0 saturated carbocycles. The van der Waals surface area contributed by atoms with Crippen molar-refractivity contribution in [1.82, 2.24) is 0 Å². The Morgan fingerprint density at radius 3 is 1.20 bits per heavy atom. The zero-order valence-corrected chi connectivity index (χ0v) is 15.1. The molecule has 0 aliphatic heterocycles. The van der Waals surface area contributed by atoms with Gasteiger partial charge in [-0.25, -0.2) is 0 Å². The molecule has 20 heavy (non-hydrogen) atoms. The fourth-order valence-electron chi connectivity index (χ4n) is 2.57. The van der Waals surface area contributed by atoms with E-state index in [0.717, 1.165) is 0 Å². The lowest BCUT2D eigenvalue weighted by Gasteiger charge is -2.35. The number of isothiocyanates is 1. The van der Waals surface area contributed by atoms with Crippen molar-refractivity contribution in [1.29, 1.82) is 0 Å². The van der Waals surface area contributed by atoms with Crippen molar-refractivity contribution >= 4 is 17.4 Å². The van der Waals surface area contributed by atoms with Gasteiger partial charge in [0.25, 0.3) is 0 Å². The normalized spacial score (nSPS) is 10.6. The number of hydrogen-bond acceptors (Lipinski definition) is 1. The Kier molecular flexibility index (Phi) is 18.5. The van der Waals surface area contributed by atoms with Gasteiger partial charge in [-0.05, 0) is 38.5 Å². The maximum Gasteiger partial charge on any atom is 0.0784 e. The number of quaternary nitrogens is 1. The highest BCUT2D eigenvalue weighted by Crippen LogP contribution is 2.13. The van der Waals surface area contributed by atoms with Gasteiger partial charge in [-0.1, -0.05) is 52.3 Å². The van der Waals surface area contributed by atoms with Gasteiger partial charge in [0.2, 0.25) is 0 Å². The number of unbranched alkanes of at least 4 members (excludes halogenated alkanes) is 6. The van der Waals surface area contributed by atoms with Crippen LogP contribution in [0.25, 0.3) is 5.41 Å². The highest BCUT2D eigenvalue weighted by atomic mass is 32.1. The molecule has 0 aliphatic rings. The van der Waals surface area contributed by atoms with Gasteiger partial charge >= 0.3 is 0 Å². The average Bonchev–Trinajstić information content (AvgIpc) is 2.41. The zero-order valence-electron chi connectivity index (χ0n) is 14.3. The van der Waals surface area contributed by atoms with Gasteiger partial charge in [0.15, 0.2) is 0 Å². The second-order valence-corrected chi connectivity index (χ2v) is 6.19. The Morgan fingerprint density at radius 2 is 1.00 bits per heavy atom. The van der Waals surface area contributed by atoms with Crippen molar-refractivity contribution in [3.63, 3.8) is 0 Å². The molecule has 0 atom stereocenters. The third-order valence-electron chi connectivity index (χ3n) is 3.90. The minimum absolute atomic E-state index is 1.33. The fraction of sp³-hybridized carbons (Fsp3) is 0.941. The van der Waals surface area contributed by atoms with Gasteiger partial charge in [0, 0.05) is 0 Å². The first kappa shape index (κ1) is 22.0. The van der Waals surface area contributed by atoms with Crippen molar-refractivity contribution in [2.24, 2.45) is 0 Å². The van der Waals surface area contributed by atoms with Crippen molar-refractivity contribution in [2.75, 3.05) is 26.7 Å². The van der Waals surface area contributed by atoms with Crippen molar-refractivity contribution < 1.29 is 4.48 Å². The summed E-state index contributed by atoms with van der Waals surface area (Å²) in [7, 11) is 2.49. The third-order valence-corrected chi connectivity index (χ3v) is 3.90. The molecule has 0 aromatic rings. The molecule has 120 valence electrons. The zero-order chi connectivity index (χ0) is 15.7. The summed E-state index contributed by atoms with van der Waals surface area (Å²) < 4.78 is 1.33. The first-order chi connectivity index (χ1) is 9.60. The summed E-state index contributed by atoms with van der Waals surface area (Å²) in [5.74, 6) is 0. The summed E-state index contributed by atoms with van der Waals surface area (Å²) in [6.07, 6.45) is 12.6. The Hall–Kier alpha value is -0.240. The summed E-state index contributed by atoms with van der Waals surface area (Å²) in [4.78, 5) is 0. The van der Waals surface area contributed by atoms with E-state index in [1.807, 2.05) is 0 Å². The second kappa shape index (κ2) is 16.8. The maximum atomic E-state index is 7.13. The largest absolute Gasteiger partial charge is 0.753 e. The van der Waals surface area contributed by atoms with Crippen LogP contribution in [-0.4, -0.2) is 36.3 Å². The Morgan fingerprint density at radius 1 is 0.750 bits per heavy atom. The van der Waals surface area contributed by atoms with E-state index < -0.39 is 0 Å². The lowest BCUT2D eigenvalue weighted by atomic mass is 10.1. The molecule has 0 bridgehead atoms. The number of hydrogen-bond donors (Lipinski definition) is 0. The molecular weight excluding hydrogens is 264 g/mol. The molecule has 0 unspecified atom stereocenters. The van der Waals surface area contributed by atoms with Crippen LogP contribution in [0.15, 0.2) is 0 Å². The third kappa shape index (κ3) is 15.8. The number of thiocarbonyl (C=S) groups is 1. The first-order valence-electron chi connectivity index (χ1n) is 8.44. The fourth-order valence-corrected chi connectivity index (χ4v) is 2.57. The van der Waals surface area contributed by atoms with Crippen molar-refractivity contribution in [2.45, 2.75) is 78.6 Å². The predicted molar refractivity (Wildman–Crippen MR) is 95.3 cm³/mol. The first-order valence-corrected chi connectivity index (χ1v) is 8.85. The van der Waals surface area contributed by atoms with E-state index in [1.54, 1.807) is 0 Å². The molecule has 0 rings (SSSR count). The van der Waals surface area contributed by atoms with Gasteiger partial charge in [-0.2, -0.15) is 5.16 Å². The highest BCUT2D eigenvalue weighted by molar-refractivity contribution is 7.78. The van der Waals surface area contributed by atoms with Crippen LogP contribution in [0.3, 0.4) is 0 Å². The molecule has 0 N–H and O–H groups in total. The molecule has 0 spiro atoms. The average molecular weight is 301 g/mol. The minimum Gasteiger partial charge on any atom is -0.753 e. The van der Waals surface area contributed by atoms with Crippen LogP contribution in [-0.2, 0) is 0 Å². The van der Waals surface area contributed by atoms with Gasteiger partial charge in [-0.15, -0.1) is 0 Å². The van der Waals surface area contributed by atoms with Crippen LogP contribution in [0.5, 0.6) is 0 Å². The topological polar surface area (TPSA) is 22.3 Å². The van der Waals surface area contributed by atoms with Crippen molar-refractivity contribution in [3.8, 4) is 0 Å². The Balaban J connectivity index is 0. The molecule has 0 aliphatic carbocycles. The predicted octanol–water partition coefficient (Wildman–Crippen LogP) is 5.66. The van der Waals surface area contributed by atoms with Gasteiger partial charge in [-0.3, -0.25) is 0 Å². The molecule has 0 heterocycles. The second-order valence-electron chi connectivity index (χ2n) is 6.00. The monoisotopic (exact) mass is 300 g/mol. The minimum atomic E-state index is 1.33. The number of rotatable bonds is 12. The Labute approximate surface area is 133 Å². The summed E-state index contributed by atoms with van der Waals surface area (Å²) in [6.45, 7) is 11.1. The summed E-state index contributed by atoms with van der Waals surface area (Å²) >= 11 is 3.70. The summed E-state index contributed by atoms with van der Waals surface area (Å²) in [6, 6.07) is 0. The van der Waals surface area contributed by atoms with E-state index in [9.17, 15) is 0 Å². The highest BCUT2D eigenvalue weighted by Gasteiger charge is 2.19. The molecule has 3 heteroatoms. The molecule has 0 saturated heterocycles. The molecule has 0 radical (unpaired) electrons. The Bertz CT molecular complexity index is 197. The van der Waals surface area contributed by atoms with Gasteiger partial charge < -0.3 is 9.89 Å². The maximum absolute atomic E-state index is 7.13. The number of nitrogens with zero attached hydrogens (tertiary/aromatic N) is 2. The standard InChI is InChI=1S/C16H36N.CNS/c1-5-8-11-14-17(4,15-12-9-6-2)16-13-10-7-3;2-1-3/h5-16H2,1-4H3;/q+1;-1. The SMILES string of the molecule is CCCCC[N+](C)(CCCCC)CCCCC.[N-]=C=S. The van der Waals surface area contributed by atoms with Crippen LogP contribution in [0.1, 0.15) is 78.6 Å². The van der Waals surface area contributed by atoms with E-state index in [1.165, 1.54) is 87.1 Å². The van der Waals surface area contributed by atoms with Crippen LogP contribution in [0.4, 0.5) is 0 Å². The van der Waals surface area contributed by atoms with Crippen LogP contribution < -0.4 is 0 Å². The van der Waals surface area contributed by atoms with Crippen LogP contribution in [0.2, 0.25) is 0 Å². The summed E-state index contributed by atoms with van der Waals surface area (Å²) in [5, 5.41) is 8.47. The van der Waals surface area contributed by atoms with Crippen LogP contribution in [0, 0.1) is 0 Å². The lowest BCUT2D eigenvalue weighted by molar-refractivity contribution is -0.910. The quantitative estimate of drug-likeness (QED) is 0.197. The van der Waals surface area contributed by atoms with E-state index in [4.69, 9.17) is 5.41 Å². The van der Waals surface area contributed by atoms with E-state index in [0.29, 0.717) is 0 Å². The summed E-state index contributed by atoms with van der Waals surface area (Å²) in [5.41, 5.74) is 0. The smallest absolute Gasteiger partial charge is 0.0784 e. The molecule has 0 amide bonds.